The molecule has 0 heterocycles. The molecule has 0 bridgehead atoms. The second-order valence-corrected chi connectivity index (χ2v) is 7.12. The molecule has 0 saturated carbocycles. The summed E-state index contributed by atoms with van der Waals surface area (Å²) in [6.07, 6.45) is -0.0581. The van der Waals surface area contributed by atoms with Crippen molar-refractivity contribution in [2.75, 3.05) is 6.54 Å². The molecule has 3 amide bonds. The van der Waals surface area contributed by atoms with E-state index >= 15 is 0 Å². The first kappa shape index (κ1) is 25.8. The van der Waals surface area contributed by atoms with Gasteiger partial charge in [-0.1, -0.05) is 40.5 Å². The highest BCUT2D eigenvalue weighted by atomic mass is 16.4. The lowest BCUT2D eigenvalue weighted by atomic mass is 9.97. The number of carboxylic acids is 1. The van der Waals surface area contributed by atoms with E-state index in [-0.39, 0.29) is 18.4 Å². The van der Waals surface area contributed by atoms with Gasteiger partial charge in [0.25, 0.3) is 0 Å². The normalized spacial score (nSPS) is 17.4. The van der Waals surface area contributed by atoms with Gasteiger partial charge >= 0.3 is 5.97 Å². The molecule has 0 rings (SSSR count). The van der Waals surface area contributed by atoms with Crippen molar-refractivity contribution >= 4 is 23.7 Å². The van der Waals surface area contributed by atoms with Gasteiger partial charge in [0.1, 0.15) is 6.04 Å². The van der Waals surface area contributed by atoms with Gasteiger partial charge in [0.15, 0.2) is 6.04 Å². The van der Waals surface area contributed by atoms with Crippen LogP contribution in [0.2, 0.25) is 0 Å². The summed E-state index contributed by atoms with van der Waals surface area (Å²) < 4.78 is 0. The van der Waals surface area contributed by atoms with Crippen molar-refractivity contribution in [1.82, 2.24) is 16.0 Å². The molecular formula is C18H34N4O6. The predicted octanol–water partition coefficient (Wildman–Crippen LogP) is -1.04. The smallest absolute Gasteiger partial charge is 0.328 e. The number of aliphatic hydroxyl groups excluding tert-OH is 1. The molecule has 0 aromatic rings. The minimum absolute atomic E-state index is 0.0462. The van der Waals surface area contributed by atoms with Crippen LogP contribution in [0.1, 0.15) is 47.5 Å². The zero-order valence-corrected chi connectivity index (χ0v) is 17.2. The van der Waals surface area contributed by atoms with E-state index in [1.165, 1.54) is 6.92 Å². The summed E-state index contributed by atoms with van der Waals surface area (Å²) >= 11 is 0. The van der Waals surface area contributed by atoms with E-state index < -0.39 is 47.9 Å². The van der Waals surface area contributed by atoms with E-state index in [4.69, 9.17) is 10.8 Å². The minimum atomic E-state index is -1.50. The Morgan fingerprint density at radius 1 is 0.893 bits per heavy atom. The molecule has 0 radical (unpaired) electrons. The Labute approximate surface area is 165 Å². The van der Waals surface area contributed by atoms with Crippen LogP contribution in [-0.2, 0) is 19.2 Å². The summed E-state index contributed by atoms with van der Waals surface area (Å²) in [5.74, 6) is -3.52. The zero-order chi connectivity index (χ0) is 22.0. The summed E-state index contributed by atoms with van der Waals surface area (Å²) in [6.45, 7) is 8.15. The van der Waals surface area contributed by atoms with Gasteiger partial charge in [-0.25, -0.2) is 4.79 Å². The Morgan fingerprint density at radius 2 is 1.43 bits per heavy atom. The second kappa shape index (κ2) is 12.3. The van der Waals surface area contributed by atoms with Crippen LogP contribution in [0.4, 0.5) is 0 Å². The molecule has 0 aromatic carbocycles. The van der Waals surface area contributed by atoms with Crippen LogP contribution < -0.4 is 21.7 Å². The monoisotopic (exact) mass is 402 g/mol. The number of hydrogen-bond acceptors (Lipinski definition) is 6. The average Bonchev–Trinajstić information content (AvgIpc) is 2.65. The van der Waals surface area contributed by atoms with Gasteiger partial charge in [-0.2, -0.15) is 0 Å². The third-order valence-electron chi connectivity index (χ3n) is 4.84. The minimum Gasteiger partial charge on any atom is -0.480 e. The van der Waals surface area contributed by atoms with Gasteiger partial charge in [0.2, 0.25) is 17.7 Å². The van der Waals surface area contributed by atoms with Crippen molar-refractivity contribution in [2.24, 2.45) is 17.6 Å². The molecule has 6 atom stereocenters. The molecule has 7 N–H and O–H groups in total. The number of carbonyl (C=O) groups is 4. The Morgan fingerprint density at radius 3 is 1.86 bits per heavy atom. The molecular weight excluding hydrogens is 368 g/mol. The van der Waals surface area contributed by atoms with E-state index in [9.17, 15) is 24.3 Å². The molecule has 0 aliphatic rings. The second-order valence-electron chi connectivity index (χ2n) is 7.12. The maximum absolute atomic E-state index is 12.5. The van der Waals surface area contributed by atoms with Crippen LogP contribution in [0, 0.1) is 11.8 Å². The van der Waals surface area contributed by atoms with Crippen LogP contribution in [-0.4, -0.2) is 64.7 Å². The van der Waals surface area contributed by atoms with E-state index in [2.05, 4.69) is 16.0 Å². The SMILES string of the molecule is CCC(C)C(N)C(=O)NCC(=O)NC(C(=O)NC(C(=O)O)C(C)O)C(C)CC. The van der Waals surface area contributed by atoms with Crippen molar-refractivity contribution in [3.63, 3.8) is 0 Å². The molecule has 10 heteroatoms. The number of carbonyl (C=O) groups excluding carboxylic acids is 3. The molecule has 10 nitrogen and oxygen atoms in total. The first-order valence-corrected chi connectivity index (χ1v) is 9.49. The first-order valence-electron chi connectivity index (χ1n) is 9.49. The topological polar surface area (TPSA) is 171 Å². The van der Waals surface area contributed by atoms with Crippen molar-refractivity contribution < 1.29 is 29.4 Å². The lowest BCUT2D eigenvalue weighted by Gasteiger charge is -2.26. The molecule has 0 aliphatic carbocycles. The number of aliphatic carboxylic acids is 1. The third-order valence-corrected chi connectivity index (χ3v) is 4.84. The first-order chi connectivity index (χ1) is 13.0. The molecule has 0 saturated heterocycles. The summed E-state index contributed by atoms with van der Waals surface area (Å²) in [5.41, 5.74) is 5.80. The van der Waals surface area contributed by atoms with Crippen LogP contribution >= 0.6 is 0 Å². The van der Waals surface area contributed by atoms with Gasteiger partial charge in [-0.05, 0) is 18.8 Å². The van der Waals surface area contributed by atoms with Crippen LogP contribution in [0.5, 0.6) is 0 Å². The maximum atomic E-state index is 12.5. The summed E-state index contributed by atoms with van der Waals surface area (Å²) in [6, 6.07) is -3.25. The van der Waals surface area contributed by atoms with Gasteiger partial charge in [-0.3, -0.25) is 14.4 Å². The highest BCUT2D eigenvalue weighted by molar-refractivity contribution is 5.92. The molecule has 6 unspecified atom stereocenters. The quantitative estimate of drug-likeness (QED) is 0.242. The van der Waals surface area contributed by atoms with E-state index in [0.717, 1.165) is 0 Å². The number of nitrogens with one attached hydrogen (secondary N) is 3. The zero-order valence-electron chi connectivity index (χ0n) is 17.2. The van der Waals surface area contributed by atoms with Crippen molar-refractivity contribution in [3.05, 3.63) is 0 Å². The fourth-order valence-electron chi connectivity index (χ4n) is 2.36. The molecule has 28 heavy (non-hydrogen) atoms. The third kappa shape index (κ3) is 8.22. The number of carboxylic acid groups (broad SMARTS) is 1. The Bertz CT molecular complexity index is 554. The van der Waals surface area contributed by atoms with E-state index in [0.29, 0.717) is 12.8 Å². The molecule has 162 valence electrons. The Balaban J connectivity index is 4.96. The van der Waals surface area contributed by atoms with Gasteiger partial charge in [-0.15, -0.1) is 0 Å². The van der Waals surface area contributed by atoms with Gasteiger partial charge in [0.05, 0.1) is 18.7 Å². The maximum Gasteiger partial charge on any atom is 0.328 e. The van der Waals surface area contributed by atoms with Crippen molar-refractivity contribution in [2.45, 2.75) is 71.7 Å². The summed E-state index contributed by atoms with van der Waals surface area (Å²) in [5, 5.41) is 25.8. The molecule has 0 aromatic heterocycles. The predicted molar refractivity (Wildman–Crippen MR) is 103 cm³/mol. The van der Waals surface area contributed by atoms with E-state index in [1.807, 2.05) is 20.8 Å². The fourth-order valence-corrected chi connectivity index (χ4v) is 2.36. The van der Waals surface area contributed by atoms with E-state index in [1.54, 1.807) is 6.92 Å². The van der Waals surface area contributed by atoms with Crippen molar-refractivity contribution in [1.29, 1.82) is 0 Å². The standard InChI is InChI=1S/C18H34N4O6/c1-6-9(3)13(19)16(25)20-8-12(24)21-14(10(4)7-2)17(26)22-15(11(5)23)18(27)28/h9-11,13-15,23H,6-8,19H2,1-5H3,(H,20,25)(H,21,24)(H,22,26)(H,27,28). The molecule has 0 spiro atoms. The number of hydrogen-bond donors (Lipinski definition) is 6. The fraction of sp³-hybridized carbons (Fsp3) is 0.778. The highest BCUT2D eigenvalue weighted by Gasteiger charge is 2.32. The Kier molecular flexibility index (Phi) is 11.3. The lowest BCUT2D eigenvalue weighted by molar-refractivity contribution is -0.145. The van der Waals surface area contributed by atoms with Crippen molar-refractivity contribution in [3.8, 4) is 0 Å². The number of amides is 3. The van der Waals surface area contributed by atoms with Gasteiger partial charge < -0.3 is 31.9 Å². The van der Waals surface area contributed by atoms with Gasteiger partial charge in [0, 0.05) is 0 Å². The lowest BCUT2D eigenvalue weighted by Crippen LogP contribution is -2.57. The number of aliphatic hydroxyl groups is 1. The van der Waals surface area contributed by atoms with Crippen LogP contribution in [0.15, 0.2) is 0 Å². The Hall–Kier alpha value is -2.20. The van der Waals surface area contributed by atoms with Crippen LogP contribution in [0.25, 0.3) is 0 Å². The summed E-state index contributed by atoms with van der Waals surface area (Å²) in [7, 11) is 0. The number of rotatable bonds is 12. The molecule has 0 aliphatic heterocycles. The van der Waals surface area contributed by atoms with Crippen LogP contribution in [0.3, 0.4) is 0 Å². The summed E-state index contributed by atoms with van der Waals surface area (Å²) in [4.78, 5) is 47.8. The molecule has 0 fully saturated rings. The average molecular weight is 402 g/mol. The number of nitrogens with two attached hydrogens (primary N) is 1. The highest BCUT2D eigenvalue weighted by Crippen LogP contribution is 2.09. The largest absolute Gasteiger partial charge is 0.480 e.